The molecular formula is C16H14ClF3N4. The molecule has 0 saturated carbocycles. The van der Waals surface area contributed by atoms with Gasteiger partial charge >= 0.3 is 6.18 Å². The van der Waals surface area contributed by atoms with E-state index in [1.807, 2.05) is 12.1 Å². The molecule has 0 fully saturated rings. The molecule has 1 heterocycles. The van der Waals surface area contributed by atoms with Crippen molar-refractivity contribution in [1.29, 1.82) is 0 Å². The number of nitrogens with two attached hydrogens (primary N) is 1. The largest absolute Gasteiger partial charge is 0.416 e. The zero-order valence-corrected chi connectivity index (χ0v) is 13.2. The molecule has 0 spiro atoms. The molecule has 126 valence electrons. The summed E-state index contributed by atoms with van der Waals surface area (Å²) in [4.78, 5) is 4.32. The highest BCUT2D eigenvalue weighted by Gasteiger charge is 2.31. The van der Waals surface area contributed by atoms with E-state index in [4.69, 9.17) is 17.3 Å². The molecule has 3 N–H and O–H groups in total. The van der Waals surface area contributed by atoms with Crippen LogP contribution in [-0.2, 0) is 12.7 Å². The van der Waals surface area contributed by atoms with Gasteiger partial charge in [-0.25, -0.2) is 4.99 Å². The van der Waals surface area contributed by atoms with E-state index < -0.39 is 11.7 Å². The van der Waals surface area contributed by atoms with Crippen LogP contribution in [0.1, 0.15) is 16.7 Å². The number of alkyl halides is 3. The first kappa shape index (κ1) is 16.6. The number of halogens is 4. The van der Waals surface area contributed by atoms with Crippen LogP contribution < -0.4 is 16.2 Å². The first-order chi connectivity index (χ1) is 11.4. The van der Waals surface area contributed by atoms with Gasteiger partial charge in [-0.2, -0.15) is 13.2 Å². The van der Waals surface area contributed by atoms with Crippen molar-refractivity contribution >= 4 is 23.1 Å². The summed E-state index contributed by atoms with van der Waals surface area (Å²) in [6, 6.07) is 10.4. The summed E-state index contributed by atoms with van der Waals surface area (Å²) in [5.41, 5.74) is 9.81. The molecule has 0 aliphatic carbocycles. The van der Waals surface area contributed by atoms with Crippen LogP contribution >= 0.6 is 11.6 Å². The van der Waals surface area contributed by atoms with E-state index >= 15 is 0 Å². The number of nitrogens with zero attached hydrogens (tertiary/aromatic N) is 2. The van der Waals surface area contributed by atoms with Crippen molar-refractivity contribution < 1.29 is 13.2 Å². The minimum absolute atomic E-state index is 0.180. The topological polar surface area (TPSA) is 53.6 Å². The fourth-order valence-electron chi connectivity index (χ4n) is 2.36. The molecule has 24 heavy (non-hydrogen) atoms. The van der Waals surface area contributed by atoms with E-state index in [2.05, 4.69) is 10.4 Å². The zero-order valence-electron chi connectivity index (χ0n) is 12.4. The molecule has 1 aliphatic heterocycles. The smallest absolute Gasteiger partial charge is 0.326 e. The van der Waals surface area contributed by atoms with Crippen molar-refractivity contribution in [2.24, 2.45) is 10.7 Å². The van der Waals surface area contributed by atoms with E-state index in [1.54, 1.807) is 12.1 Å². The van der Waals surface area contributed by atoms with Crippen LogP contribution in [0.5, 0.6) is 0 Å². The normalized spacial score (nSPS) is 14.5. The monoisotopic (exact) mass is 354 g/mol. The van der Waals surface area contributed by atoms with Gasteiger partial charge < -0.3 is 5.73 Å². The number of anilines is 1. The van der Waals surface area contributed by atoms with Crippen molar-refractivity contribution in [3.63, 3.8) is 0 Å². The molecule has 2 aromatic carbocycles. The lowest BCUT2D eigenvalue weighted by Crippen LogP contribution is -2.36. The molecule has 1 aliphatic rings. The Morgan fingerprint density at radius 1 is 1.21 bits per heavy atom. The maximum absolute atomic E-state index is 12.8. The highest BCUT2D eigenvalue weighted by atomic mass is 35.5. The molecule has 0 aromatic heterocycles. The van der Waals surface area contributed by atoms with Crippen molar-refractivity contribution in [3.8, 4) is 0 Å². The Balaban J connectivity index is 1.83. The number of hydrogen-bond donors (Lipinski definition) is 2. The molecule has 8 heteroatoms. The Labute approximate surface area is 141 Å². The molecule has 0 saturated heterocycles. The van der Waals surface area contributed by atoms with Gasteiger partial charge in [0, 0.05) is 12.1 Å². The fraction of sp³-hybridized carbons (Fsp3) is 0.188. The summed E-state index contributed by atoms with van der Waals surface area (Å²) in [5.74, 6) is 0.493. The quantitative estimate of drug-likeness (QED) is 0.886. The van der Waals surface area contributed by atoms with E-state index in [-0.39, 0.29) is 6.67 Å². The molecule has 0 radical (unpaired) electrons. The summed E-state index contributed by atoms with van der Waals surface area (Å²) >= 11 is 6.18. The molecule has 0 bridgehead atoms. The Morgan fingerprint density at radius 3 is 2.71 bits per heavy atom. The predicted octanol–water partition coefficient (Wildman–Crippen LogP) is 3.55. The Kier molecular flexibility index (Phi) is 4.38. The highest BCUT2D eigenvalue weighted by Crippen LogP contribution is 2.32. The summed E-state index contributed by atoms with van der Waals surface area (Å²) in [6.07, 6.45) is -4.39. The van der Waals surface area contributed by atoms with Crippen molar-refractivity contribution in [1.82, 2.24) is 5.43 Å². The standard InChI is InChI=1S/C16H14ClF3N4/c17-14-5-4-10(8-21)6-13(14)15-22-9-24(23-15)12-3-1-2-11(7-12)16(18,19)20/h1-7H,8-9,21H2,(H,22,23). The second-order valence-corrected chi connectivity index (χ2v) is 5.66. The van der Waals surface area contributed by atoms with Crippen LogP contribution in [0.2, 0.25) is 5.02 Å². The Hall–Kier alpha value is -2.25. The number of aliphatic imine (C=N–C) groups is 1. The van der Waals surface area contributed by atoms with Gasteiger partial charge in [0.1, 0.15) is 6.67 Å². The summed E-state index contributed by atoms with van der Waals surface area (Å²) in [7, 11) is 0. The fourth-order valence-corrected chi connectivity index (χ4v) is 2.57. The maximum Gasteiger partial charge on any atom is 0.416 e. The van der Waals surface area contributed by atoms with Crippen LogP contribution in [0, 0.1) is 0 Å². The van der Waals surface area contributed by atoms with Crippen molar-refractivity contribution in [2.75, 3.05) is 11.7 Å². The summed E-state index contributed by atoms with van der Waals surface area (Å²) in [6.45, 7) is 0.536. The van der Waals surface area contributed by atoms with Gasteiger partial charge in [-0.15, -0.1) is 0 Å². The molecular weight excluding hydrogens is 341 g/mol. The minimum Gasteiger partial charge on any atom is -0.326 e. The van der Waals surface area contributed by atoms with Crippen LogP contribution in [0.25, 0.3) is 0 Å². The SMILES string of the molecule is NCc1ccc(Cl)c(C2=NCN(c3cccc(C(F)(F)F)c3)N2)c1. The Morgan fingerprint density at radius 2 is 2.00 bits per heavy atom. The number of nitrogens with one attached hydrogen (secondary N) is 1. The summed E-state index contributed by atoms with van der Waals surface area (Å²) in [5, 5.41) is 2.01. The highest BCUT2D eigenvalue weighted by molar-refractivity contribution is 6.34. The molecule has 4 nitrogen and oxygen atoms in total. The van der Waals surface area contributed by atoms with Crippen molar-refractivity contribution in [3.05, 3.63) is 64.2 Å². The lowest BCUT2D eigenvalue weighted by atomic mass is 10.1. The maximum atomic E-state index is 12.8. The van der Waals surface area contributed by atoms with Gasteiger partial charge in [0.25, 0.3) is 0 Å². The third kappa shape index (κ3) is 3.32. The number of hydrazine groups is 1. The minimum atomic E-state index is -4.39. The number of benzene rings is 2. The lowest BCUT2D eigenvalue weighted by molar-refractivity contribution is -0.137. The van der Waals surface area contributed by atoms with Crippen LogP contribution in [0.15, 0.2) is 47.5 Å². The number of rotatable bonds is 3. The van der Waals surface area contributed by atoms with Gasteiger partial charge in [0.15, 0.2) is 5.84 Å². The lowest BCUT2D eigenvalue weighted by Gasteiger charge is -2.20. The number of hydrogen-bond acceptors (Lipinski definition) is 4. The van der Waals surface area contributed by atoms with E-state index in [0.717, 1.165) is 17.7 Å². The first-order valence-corrected chi connectivity index (χ1v) is 7.51. The second-order valence-electron chi connectivity index (χ2n) is 5.25. The van der Waals surface area contributed by atoms with Gasteiger partial charge in [-0.3, -0.25) is 10.4 Å². The Bertz CT molecular complexity index is 789. The third-order valence-electron chi connectivity index (χ3n) is 3.62. The molecule has 0 atom stereocenters. The zero-order chi connectivity index (χ0) is 17.3. The average molecular weight is 355 g/mol. The number of amidine groups is 1. The van der Waals surface area contributed by atoms with Gasteiger partial charge in [0.2, 0.25) is 0 Å². The van der Waals surface area contributed by atoms with E-state index in [9.17, 15) is 13.2 Å². The molecule has 2 aromatic rings. The van der Waals surface area contributed by atoms with Crippen LogP contribution in [-0.4, -0.2) is 12.5 Å². The van der Waals surface area contributed by atoms with Crippen LogP contribution in [0.4, 0.5) is 18.9 Å². The summed E-state index contributed by atoms with van der Waals surface area (Å²) < 4.78 is 38.5. The van der Waals surface area contributed by atoms with E-state index in [1.165, 1.54) is 11.1 Å². The van der Waals surface area contributed by atoms with Crippen LogP contribution in [0.3, 0.4) is 0 Å². The second kappa shape index (κ2) is 6.33. The van der Waals surface area contributed by atoms with Gasteiger partial charge in [-0.1, -0.05) is 23.7 Å². The molecule has 0 unspecified atom stereocenters. The van der Waals surface area contributed by atoms with Crippen molar-refractivity contribution in [2.45, 2.75) is 12.7 Å². The molecule has 3 rings (SSSR count). The van der Waals surface area contributed by atoms with E-state index in [0.29, 0.717) is 28.7 Å². The first-order valence-electron chi connectivity index (χ1n) is 7.13. The predicted molar refractivity (Wildman–Crippen MR) is 87.8 cm³/mol. The third-order valence-corrected chi connectivity index (χ3v) is 3.95. The average Bonchev–Trinajstić information content (AvgIpc) is 3.04. The molecule has 0 amide bonds. The van der Waals surface area contributed by atoms with Gasteiger partial charge in [0.05, 0.1) is 16.3 Å². The van der Waals surface area contributed by atoms with Gasteiger partial charge in [-0.05, 0) is 35.9 Å².